The van der Waals surface area contributed by atoms with Gasteiger partial charge in [0.1, 0.15) is 6.61 Å². The first kappa shape index (κ1) is 13.8. The number of rotatable bonds is 5. The number of carbonyl (C=O) groups excluding carboxylic acids is 1. The van der Waals surface area contributed by atoms with Gasteiger partial charge in [0.2, 0.25) is 0 Å². The second-order valence-corrected chi connectivity index (χ2v) is 4.73. The van der Waals surface area contributed by atoms with Gasteiger partial charge in [0.05, 0.1) is 5.92 Å². The molecule has 1 atom stereocenters. The molecule has 1 radical (unpaired) electrons. The molecule has 1 aromatic rings. The van der Waals surface area contributed by atoms with Crippen LogP contribution in [-0.4, -0.2) is 5.97 Å². The summed E-state index contributed by atoms with van der Waals surface area (Å²) in [5.41, 5.74) is 2.32. The average molecular weight is 233 g/mol. The van der Waals surface area contributed by atoms with Gasteiger partial charge in [-0.2, -0.15) is 0 Å². The van der Waals surface area contributed by atoms with Crippen molar-refractivity contribution in [2.24, 2.45) is 5.92 Å². The molecule has 0 aliphatic rings. The fourth-order valence-electron chi connectivity index (χ4n) is 1.77. The molecular weight excluding hydrogens is 212 g/mol. The summed E-state index contributed by atoms with van der Waals surface area (Å²) in [6.45, 7) is 9.39. The van der Waals surface area contributed by atoms with Gasteiger partial charge in [-0.25, -0.2) is 0 Å². The Kier molecular flexibility index (Phi) is 5.20. The van der Waals surface area contributed by atoms with E-state index in [9.17, 15) is 4.79 Å². The number of hydrogen-bond acceptors (Lipinski definition) is 2. The van der Waals surface area contributed by atoms with Crippen molar-refractivity contribution in [1.82, 2.24) is 0 Å². The highest BCUT2D eigenvalue weighted by Crippen LogP contribution is 2.19. The van der Waals surface area contributed by atoms with Gasteiger partial charge in [0.25, 0.3) is 0 Å². The highest BCUT2D eigenvalue weighted by atomic mass is 16.5. The average Bonchev–Trinajstić information content (AvgIpc) is 2.28. The van der Waals surface area contributed by atoms with Gasteiger partial charge < -0.3 is 4.74 Å². The highest BCUT2D eigenvalue weighted by Gasteiger charge is 2.16. The molecule has 0 N–H and O–H groups in total. The normalized spacial score (nSPS) is 12.5. The van der Waals surface area contributed by atoms with Crippen LogP contribution in [0.4, 0.5) is 0 Å². The molecule has 1 rings (SSSR count). The van der Waals surface area contributed by atoms with Gasteiger partial charge in [-0.15, -0.1) is 0 Å². The van der Waals surface area contributed by atoms with Crippen LogP contribution >= 0.6 is 0 Å². The first-order valence-electron chi connectivity index (χ1n) is 6.11. The first-order chi connectivity index (χ1) is 8.04. The topological polar surface area (TPSA) is 26.3 Å². The summed E-state index contributed by atoms with van der Waals surface area (Å²) < 4.78 is 4.89. The lowest BCUT2D eigenvalue weighted by Crippen LogP contribution is -2.11. The van der Waals surface area contributed by atoms with Gasteiger partial charge in [-0.1, -0.05) is 38.1 Å². The Morgan fingerprint density at radius 3 is 2.29 bits per heavy atom. The van der Waals surface area contributed by atoms with Gasteiger partial charge in [-0.3, -0.25) is 4.79 Å². The van der Waals surface area contributed by atoms with E-state index in [2.05, 4.69) is 26.0 Å². The van der Waals surface area contributed by atoms with Crippen LogP contribution in [0.5, 0.6) is 0 Å². The monoisotopic (exact) mass is 233 g/mol. The zero-order valence-electron chi connectivity index (χ0n) is 11.1. The van der Waals surface area contributed by atoms with Crippen molar-refractivity contribution in [3.05, 3.63) is 42.0 Å². The summed E-state index contributed by atoms with van der Waals surface area (Å²) in [5.74, 6) is 0.237. The van der Waals surface area contributed by atoms with E-state index in [1.807, 2.05) is 19.1 Å². The second-order valence-electron chi connectivity index (χ2n) is 4.73. The van der Waals surface area contributed by atoms with Crippen LogP contribution in [-0.2, 0) is 16.0 Å². The molecule has 0 aliphatic heterocycles. The summed E-state index contributed by atoms with van der Waals surface area (Å²) in [4.78, 5) is 11.6. The van der Waals surface area contributed by atoms with Crippen molar-refractivity contribution in [1.29, 1.82) is 0 Å². The number of ether oxygens (including phenoxy) is 1. The van der Waals surface area contributed by atoms with Crippen molar-refractivity contribution in [2.75, 3.05) is 0 Å². The summed E-state index contributed by atoms with van der Waals surface area (Å²) in [6.07, 6.45) is 1.07. The van der Waals surface area contributed by atoms with Crippen molar-refractivity contribution < 1.29 is 9.53 Å². The van der Waals surface area contributed by atoms with E-state index in [1.54, 1.807) is 6.92 Å². The Balaban J connectivity index is 2.70. The fourth-order valence-corrected chi connectivity index (χ4v) is 1.77. The second kappa shape index (κ2) is 6.43. The van der Waals surface area contributed by atoms with Crippen LogP contribution in [0, 0.1) is 12.5 Å². The van der Waals surface area contributed by atoms with Gasteiger partial charge in [-0.05, 0) is 37.3 Å². The Labute approximate surface area is 104 Å². The zero-order valence-corrected chi connectivity index (χ0v) is 11.1. The Morgan fingerprint density at radius 2 is 1.82 bits per heavy atom. The minimum absolute atomic E-state index is 0.205. The molecule has 2 heteroatoms. The maximum absolute atomic E-state index is 11.6. The van der Waals surface area contributed by atoms with Gasteiger partial charge in [0.15, 0.2) is 0 Å². The number of esters is 1. The Bertz CT molecular complexity index is 352. The fraction of sp³-hybridized carbons (Fsp3) is 0.467. The van der Waals surface area contributed by atoms with Crippen LogP contribution in [0.25, 0.3) is 0 Å². The third-order valence-electron chi connectivity index (χ3n) is 2.71. The van der Waals surface area contributed by atoms with E-state index in [-0.39, 0.29) is 11.9 Å². The lowest BCUT2D eigenvalue weighted by Gasteiger charge is -2.11. The van der Waals surface area contributed by atoms with Gasteiger partial charge >= 0.3 is 5.97 Å². The first-order valence-corrected chi connectivity index (χ1v) is 6.11. The van der Waals surface area contributed by atoms with E-state index in [0.29, 0.717) is 5.92 Å². The SMILES string of the molecule is C[CH]OC(=O)C(C)c1ccc(CC(C)C)cc1. The minimum Gasteiger partial charge on any atom is -0.458 e. The van der Waals surface area contributed by atoms with E-state index in [4.69, 9.17) is 4.74 Å². The standard InChI is InChI=1S/C15H21O2/c1-5-17-15(16)12(4)14-8-6-13(7-9-14)10-11(2)3/h5-9,11-12H,10H2,1-4H3. The van der Waals surface area contributed by atoms with Gasteiger partial charge in [0, 0.05) is 0 Å². The summed E-state index contributed by atoms with van der Waals surface area (Å²) in [5, 5.41) is 0. The van der Waals surface area contributed by atoms with Crippen LogP contribution in [0.3, 0.4) is 0 Å². The largest absolute Gasteiger partial charge is 0.458 e. The van der Waals surface area contributed by atoms with E-state index in [0.717, 1.165) is 12.0 Å². The molecule has 0 saturated carbocycles. The minimum atomic E-state index is -0.209. The number of hydrogen-bond donors (Lipinski definition) is 0. The molecule has 0 heterocycles. The lowest BCUT2D eigenvalue weighted by molar-refractivity contribution is -0.141. The van der Waals surface area contributed by atoms with Crippen molar-refractivity contribution in [3.63, 3.8) is 0 Å². The smallest absolute Gasteiger partial charge is 0.313 e. The molecular formula is C15H21O2. The van der Waals surface area contributed by atoms with E-state index >= 15 is 0 Å². The van der Waals surface area contributed by atoms with Crippen LogP contribution in [0.15, 0.2) is 24.3 Å². The molecule has 0 fully saturated rings. The molecule has 0 saturated heterocycles. The highest BCUT2D eigenvalue weighted by molar-refractivity contribution is 5.77. The maximum Gasteiger partial charge on any atom is 0.313 e. The Morgan fingerprint density at radius 1 is 1.24 bits per heavy atom. The van der Waals surface area contributed by atoms with Crippen LogP contribution < -0.4 is 0 Å². The predicted octanol–water partition coefficient (Wildman–Crippen LogP) is 3.71. The third-order valence-corrected chi connectivity index (χ3v) is 2.71. The summed E-state index contributed by atoms with van der Waals surface area (Å²) in [7, 11) is 0. The molecule has 17 heavy (non-hydrogen) atoms. The van der Waals surface area contributed by atoms with E-state index < -0.39 is 0 Å². The lowest BCUT2D eigenvalue weighted by atomic mass is 9.97. The molecule has 2 nitrogen and oxygen atoms in total. The van der Waals surface area contributed by atoms with Crippen molar-refractivity contribution in [2.45, 2.75) is 40.0 Å². The Hall–Kier alpha value is -1.31. The molecule has 0 aliphatic carbocycles. The summed E-state index contributed by atoms with van der Waals surface area (Å²) in [6, 6.07) is 8.21. The molecule has 0 spiro atoms. The maximum atomic E-state index is 11.6. The molecule has 1 unspecified atom stereocenters. The molecule has 0 bridgehead atoms. The van der Waals surface area contributed by atoms with Crippen molar-refractivity contribution >= 4 is 5.97 Å². The molecule has 0 amide bonds. The molecule has 93 valence electrons. The van der Waals surface area contributed by atoms with E-state index in [1.165, 1.54) is 12.2 Å². The van der Waals surface area contributed by atoms with Crippen LogP contribution in [0.2, 0.25) is 0 Å². The predicted molar refractivity (Wildman–Crippen MR) is 69.5 cm³/mol. The molecule has 1 aromatic carbocycles. The zero-order chi connectivity index (χ0) is 12.8. The van der Waals surface area contributed by atoms with Crippen LogP contribution in [0.1, 0.15) is 44.7 Å². The third kappa shape index (κ3) is 4.22. The summed E-state index contributed by atoms with van der Waals surface area (Å²) >= 11 is 0. The molecule has 0 aromatic heterocycles. The quantitative estimate of drug-likeness (QED) is 0.725. The number of benzene rings is 1. The number of carbonyl (C=O) groups is 1. The van der Waals surface area contributed by atoms with Crippen molar-refractivity contribution in [3.8, 4) is 0 Å².